The molecule has 3 rings (SSSR count). The van der Waals surface area contributed by atoms with E-state index >= 15 is 0 Å². The second-order valence-electron chi connectivity index (χ2n) is 4.27. The summed E-state index contributed by atoms with van der Waals surface area (Å²) in [5, 5.41) is 1.51. The standard InChI is InChI=1S/C13H14N6OS/c1-2-5-20-12-8(14)3-4-9(19-12)21-13-10-11(16-6-15-10)17-7-18-13/h3-4,6-7H,2,5,14H2,1H3,(H,15,16,17,18). The molecule has 0 unspecified atom stereocenters. The van der Waals surface area contributed by atoms with E-state index in [0.717, 1.165) is 22.0 Å². The Balaban J connectivity index is 1.89. The average Bonchev–Trinajstić information content (AvgIpc) is 2.97. The maximum absolute atomic E-state index is 5.86. The molecule has 0 radical (unpaired) electrons. The highest BCUT2D eigenvalue weighted by atomic mass is 32.2. The summed E-state index contributed by atoms with van der Waals surface area (Å²) >= 11 is 1.41. The number of nitrogens with zero attached hydrogens (tertiary/aromatic N) is 4. The first-order valence-corrected chi connectivity index (χ1v) is 7.31. The molecule has 8 heteroatoms. The Morgan fingerprint density at radius 3 is 3.05 bits per heavy atom. The minimum atomic E-state index is 0.455. The maximum atomic E-state index is 5.86. The highest BCUT2D eigenvalue weighted by Gasteiger charge is 2.10. The minimum absolute atomic E-state index is 0.455. The van der Waals surface area contributed by atoms with Crippen molar-refractivity contribution in [2.45, 2.75) is 23.4 Å². The van der Waals surface area contributed by atoms with Crippen LogP contribution in [-0.2, 0) is 0 Å². The van der Waals surface area contributed by atoms with Crippen molar-refractivity contribution in [2.24, 2.45) is 0 Å². The van der Waals surface area contributed by atoms with E-state index in [1.54, 1.807) is 12.4 Å². The number of ether oxygens (including phenoxy) is 1. The van der Waals surface area contributed by atoms with E-state index < -0.39 is 0 Å². The Bertz CT molecular complexity index is 759. The number of rotatable bonds is 5. The van der Waals surface area contributed by atoms with Crippen LogP contribution in [-0.4, -0.2) is 31.5 Å². The molecule has 21 heavy (non-hydrogen) atoms. The molecule has 0 spiro atoms. The van der Waals surface area contributed by atoms with Crippen LogP contribution in [0.4, 0.5) is 5.69 Å². The number of anilines is 1. The lowest BCUT2D eigenvalue weighted by atomic mass is 10.4. The molecular weight excluding hydrogens is 288 g/mol. The number of fused-ring (bicyclic) bond motifs is 1. The van der Waals surface area contributed by atoms with Gasteiger partial charge in [-0.25, -0.2) is 19.9 Å². The van der Waals surface area contributed by atoms with Crippen LogP contribution in [0.3, 0.4) is 0 Å². The third-order valence-electron chi connectivity index (χ3n) is 2.70. The van der Waals surface area contributed by atoms with Crippen molar-refractivity contribution in [3.63, 3.8) is 0 Å². The summed E-state index contributed by atoms with van der Waals surface area (Å²) in [5.74, 6) is 0.455. The summed E-state index contributed by atoms with van der Waals surface area (Å²) in [4.78, 5) is 19.9. The van der Waals surface area contributed by atoms with E-state index in [4.69, 9.17) is 10.5 Å². The van der Waals surface area contributed by atoms with E-state index in [0.29, 0.717) is 23.8 Å². The number of nitrogen functional groups attached to an aromatic ring is 1. The lowest BCUT2D eigenvalue weighted by molar-refractivity contribution is 0.305. The molecule has 3 N–H and O–H groups in total. The number of nitrogens with two attached hydrogens (primary N) is 1. The van der Waals surface area contributed by atoms with Gasteiger partial charge in [-0.15, -0.1) is 0 Å². The predicted octanol–water partition coefficient (Wildman–Crippen LogP) is 2.27. The molecule has 0 atom stereocenters. The first-order valence-electron chi connectivity index (χ1n) is 6.49. The molecule has 108 valence electrons. The number of pyridine rings is 1. The molecule has 7 nitrogen and oxygen atoms in total. The van der Waals surface area contributed by atoms with Crippen molar-refractivity contribution >= 4 is 28.6 Å². The second kappa shape index (κ2) is 5.96. The Hall–Kier alpha value is -2.35. The first kappa shape index (κ1) is 13.6. The lowest BCUT2D eigenvalue weighted by Crippen LogP contribution is -2.01. The molecule has 0 fully saturated rings. The van der Waals surface area contributed by atoms with Gasteiger partial charge in [0.25, 0.3) is 0 Å². The lowest BCUT2D eigenvalue weighted by Gasteiger charge is -2.08. The van der Waals surface area contributed by atoms with E-state index in [2.05, 4.69) is 24.9 Å². The monoisotopic (exact) mass is 302 g/mol. The molecule has 0 aromatic carbocycles. The Kier molecular flexibility index (Phi) is 3.87. The van der Waals surface area contributed by atoms with Crippen LogP contribution in [0.5, 0.6) is 5.88 Å². The fourth-order valence-electron chi connectivity index (χ4n) is 1.72. The zero-order valence-corrected chi connectivity index (χ0v) is 12.2. The van der Waals surface area contributed by atoms with E-state index in [-0.39, 0.29) is 0 Å². The van der Waals surface area contributed by atoms with Crippen molar-refractivity contribution in [3.8, 4) is 5.88 Å². The van der Waals surface area contributed by atoms with Gasteiger partial charge in [0.15, 0.2) is 5.65 Å². The van der Waals surface area contributed by atoms with Gasteiger partial charge >= 0.3 is 0 Å². The third-order valence-corrected chi connectivity index (χ3v) is 3.64. The van der Waals surface area contributed by atoms with Gasteiger partial charge in [-0.1, -0.05) is 6.92 Å². The van der Waals surface area contributed by atoms with Gasteiger partial charge < -0.3 is 15.5 Å². The van der Waals surface area contributed by atoms with Gasteiger partial charge in [-0.3, -0.25) is 0 Å². The summed E-state index contributed by atoms with van der Waals surface area (Å²) in [6.07, 6.45) is 3.98. The molecule has 0 bridgehead atoms. The molecule has 0 aliphatic carbocycles. The normalized spacial score (nSPS) is 10.9. The van der Waals surface area contributed by atoms with Crippen LogP contribution in [0.1, 0.15) is 13.3 Å². The molecule has 3 heterocycles. The number of aromatic amines is 1. The fourth-order valence-corrected chi connectivity index (χ4v) is 2.54. The van der Waals surface area contributed by atoms with Crippen molar-refractivity contribution in [3.05, 3.63) is 24.8 Å². The van der Waals surface area contributed by atoms with Gasteiger partial charge in [0, 0.05) is 0 Å². The van der Waals surface area contributed by atoms with Gasteiger partial charge in [-0.2, -0.15) is 0 Å². The Morgan fingerprint density at radius 1 is 1.29 bits per heavy atom. The van der Waals surface area contributed by atoms with Crippen LogP contribution < -0.4 is 10.5 Å². The third kappa shape index (κ3) is 2.89. The zero-order valence-electron chi connectivity index (χ0n) is 11.4. The van der Waals surface area contributed by atoms with Gasteiger partial charge in [-0.05, 0) is 30.3 Å². The quantitative estimate of drug-likeness (QED) is 0.697. The van der Waals surface area contributed by atoms with Crippen LogP contribution in [0.2, 0.25) is 0 Å². The smallest absolute Gasteiger partial charge is 0.238 e. The van der Waals surface area contributed by atoms with Gasteiger partial charge in [0.1, 0.15) is 21.9 Å². The van der Waals surface area contributed by atoms with Crippen molar-refractivity contribution in [2.75, 3.05) is 12.3 Å². The SMILES string of the molecule is CCCOc1nc(Sc2ncnc3nc[nH]c23)ccc1N. The molecule has 0 amide bonds. The van der Waals surface area contributed by atoms with Crippen LogP contribution in [0.25, 0.3) is 11.2 Å². The number of aromatic nitrogens is 5. The zero-order chi connectivity index (χ0) is 14.7. The molecule has 0 aliphatic rings. The highest BCUT2D eigenvalue weighted by Crippen LogP contribution is 2.31. The van der Waals surface area contributed by atoms with E-state index in [9.17, 15) is 0 Å². The summed E-state index contributed by atoms with van der Waals surface area (Å²) in [6.45, 7) is 2.62. The Labute approximate surface area is 125 Å². The summed E-state index contributed by atoms with van der Waals surface area (Å²) < 4.78 is 5.53. The highest BCUT2D eigenvalue weighted by molar-refractivity contribution is 7.99. The number of H-pyrrole nitrogens is 1. The van der Waals surface area contributed by atoms with Gasteiger partial charge in [0.2, 0.25) is 5.88 Å². The number of imidazole rings is 1. The molecule has 0 aliphatic heterocycles. The van der Waals surface area contributed by atoms with Crippen molar-refractivity contribution < 1.29 is 4.74 Å². The molecule has 0 saturated heterocycles. The first-order chi connectivity index (χ1) is 10.3. The summed E-state index contributed by atoms with van der Waals surface area (Å²) in [7, 11) is 0. The van der Waals surface area contributed by atoms with Crippen LogP contribution in [0, 0.1) is 0 Å². The second-order valence-corrected chi connectivity index (χ2v) is 5.28. The van der Waals surface area contributed by atoms with Crippen LogP contribution >= 0.6 is 11.8 Å². The maximum Gasteiger partial charge on any atom is 0.238 e. The van der Waals surface area contributed by atoms with E-state index in [1.807, 2.05) is 13.0 Å². The number of hydrogen-bond acceptors (Lipinski definition) is 7. The molecule has 3 aromatic rings. The van der Waals surface area contributed by atoms with Crippen molar-refractivity contribution in [1.82, 2.24) is 24.9 Å². The molecule has 3 aromatic heterocycles. The molecular formula is C13H14N6OS. The van der Waals surface area contributed by atoms with Crippen LogP contribution in [0.15, 0.2) is 34.8 Å². The largest absolute Gasteiger partial charge is 0.476 e. The topological polar surface area (TPSA) is 103 Å². The minimum Gasteiger partial charge on any atom is -0.476 e. The molecule has 0 saturated carbocycles. The number of hydrogen-bond donors (Lipinski definition) is 2. The number of nitrogens with one attached hydrogen (secondary N) is 1. The predicted molar refractivity (Wildman–Crippen MR) is 80.2 cm³/mol. The van der Waals surface area contributed by atoms with E-state index in [1.165, 1.54) is 18.1 Å². The summed E-state index contributed by atoms with van der Waals surface area (Å²) in [5.41, 5.74) is 7.81. The Morgan fingerprint density at radius 2 is 2.19 bits per heavy atom. The fraction of sp³-hybridized carbons (Fsp3) is 0.231. The summed E-state index contributed by atoms with van der Waals surface area (Å²) in [6, 6.07) is 3.62. The van der Waals surface area contributed by atoms with Gasteiger partial charge in [0.05, 0.1) is 18.6 Å². The average molecular weight is 302 g/mol. The van der Waals surface area contributed by atoms with Crippen molar-refractivity contribution in [1.29, 1.82) is 0 Å².